The van der Waals surface area contributed by atoms with Crippen LogP contribution < -0.4 is 11.1 Å². The summed E-state index contributed by atoms with van der Waals surface area (Å²) in [6, 6.07) is 8.09. The van der Waals surface area contributed by atoms with E-state index in [9.17, 15) is 9.59 Å². The molecule has 0 saturated heterocycles. The number of ether oxygens (including phenoxy) is 1. The first-order valence-corrected chi connectivity index (χ1v) is 7.49. The number of hydrogen-bond acceptors (Lipinski definition) is 4. The Morgan fingerprint density at radius 2 is 2.00 bits per heavy atom. The predicted octanol–water partition coefficient (Wildman–Crippen LogP) is 0.999. The van der Waals surface area contributed by atoms with Gasteiger partial charge in [-0.2, -0.15) is 0 Å². The Morgan fingerprint density at radius 3 is 2.60 bits per heavy atom. The first-order chi connectivity index (χ1) is 9.54. The van der Waals surface area contributed by atoms with Crippen LogP contribution in [0.25, 0.3) is 0 Å². The Bertz CT molecular complexity index is 439. The van der Waals surface area contributed by atoms with Gasteiger partial charge in [-0.1, -0.05) is 46.3 Å². The van der Waals surface area contributed by atoms with E-state index in [4.69, 9.17) is 10.5 Å². The molecule has 6 heteroatoms. The molecule has 0 bridgehead atoms. The van der Waals surface area contributed by atoms with Gasteiger partial charge in [0.05, 0.1) is 6.04 Å². The SMILES string of the molecule is C[C@H](NC(=O)[C@@H](N)Cc1ccccc1)C(=O)OCCBr. The normalized spacial score (nSPS) is 13.3. The first-order valence-electron chi connectivity index (χ1n) is 6.37. The van der Waals surface area contributed by atoms with E-state index in [1.54, 1.807) is 6.92 Å². The largest absolute Gasteiger partial charge is 0.463 e. The van der Waals surface area contributed by atoms with Crippen molar-refractivity contribution in [1.82, 2.24) is 5.32 Å². The Labute approximate surface area is 127 Å². The summed E-state index contributed by atoms with van der Waals surface area (Å²) in [6.07, 6.45) is 0.426. The number of hydrogen-bond donors (Lipinski definition) is 2. The summed E-state index contributed by atoms with van der Waals surface area (Å²) in [5.41, 5.74) is 6.80. The van der Waals surface area contributed by atoms with E-state index in [1.807, 2.05) is 30.3 Å². The molecule has 3 N–H and O–H groups in total. The molecule has 1 amide bonds. The highest BCUT2D eigenvalue weighted by molar-refractivity contribution is 9.09. The number of nitrogens with one attached hydrogen (secondary N) is 1. The maximum Gasteiger partial charge on any atom is 0.328 e. The third kappa shape index (κ3) is 5.71. The van der Waals surface area contributed by atoms with Crippen LogP contribution in [0.15, 0.2) is 30.3 Å². The van der Waals surface area contributed by atoms with Gasteiger partial charge in [0.15, 0.2) is 0 Å². The molecule has 0 saturated carbocycles. The van der Waals surface area contributed by atoms with E-state index < -0.39 is 18.1 Å². The van der Waals surface area contributed by atoms with E-state index in [2.05, 4.69) is 21.2 Å². The van der Waals surface area contributed by atoms with Crippen LogP contribution in [0.4, 0.5) is 0 Å². The zero-order chi connectivity index (χ0) is 15.0. The minimum absolute atomic E-state index is 0.273. The van der Waals surface area contributed by atoms with Gasteiger partial charge in [0, 0.05) is 5.33 Å². The van der Waals surface area contributed by atoms with Crippen molar-refractivity contribution in [3.8, 4) is 0 Å². The highest BCUT2D eigenvalue weighted by atomic mass is 79.9. The molecular weight excluding hydrogens is 324 g/mol. The number of amides is 1. The lowest BCUT2D eigenvalue weighted by Gasteiger charge is -2.16. The molecule has 0 unspecified atom stereocenters. The van der Waals surface area contributed by atoms with Gasteiger partial charge in [0.25, 0.3) is 0 Å². The van der Waals surface area contributed by atoms with Crippen LogP contribution in [0.5, 0.6) is 0 Å². The summed E-state index contributed by atoms with van der Waals surface area (Å²) < 4.78 is 4.91. The van der Waals surface area contributed by atoms with Crippen molar-refractivity contribution in [3.63, 3.8) is 0 Å². The average molecular weight is 343 g/mol. The van der Waals surface area contributed by atoms with Crippen LogP contribution in [0, 0.1) is 0 Å². The number of esters is 1. The maximum absolute atomic E-state index is 11.9. The van der Waals surface area contributed by atoms with Crippen molar-refractivity contribution in [2.75, 3.05) is 11.9 Å². The molecule has 0 radical (unpaired) electrons. The second-order valence-electron chi connectivity index (χ2n) is 4.38. The second-order valence-corrected chi connectivity index (χ2v) is 5.18. The fourth-order valence-corrected chi connectivity index (χ4v) is 1.77. The average Bonchev–Trinajstić information content (AvgIpc) is 2.45. The number of alkyl halides is 1. The molecule has 0 heterocycles. The standard InChI is InChI=1S/C14H19BrN2O3/c1-10(14(19)20-8-7-15)17-13(18)12(16)9-11-5-3-2-4-6-11/h2-6,10,12H,7-9,16H2,1H3,(H,17,18)/t10-,12-/m0/s1. The Kier molecular flexibility index (Phi) is 7.25. The topological polar surface area (TPSA) is 81.4 Å². The van der Waals surface area contributed by atoms with Crippen molar-refractivity contribution in [2.45, 2.75) is 25.4 Å². The van der Waals surface area contributed by atoms with Gasteiger partial charge in [-0.15, -0.1) is 0 Å². The van der Waals surface area contributed by atoms with Gasteiger partial charge in [0.2, 0.25) is 5.91 Å². The van der Waals surface area contributed by atoms with E-state index in [0.717, 1.165) is 5.56 Å². The molecule has 0 aliphatic rings. The Balaban J connectivity index is 2.43. The highest BCUT2D eigenvalue weighted by Crippen LogP contribution is 2.02. The molecule has 20 heavy (non-hydrogen) atoms. The van der Waals surface area contributed by atoms with Crippen molar-refractivity contribution < 1.29 is 14.3 Å². The number of nitrogens with two attached hydrogens (primary N) is 1. The number of carbonyl (C=O) groups excluding carboxylic acids is 2. The third-order valence-electron chi connectivity index (χ3n) is 2.67. The molecule has 0 spiro atoms. The summed E-state index contributed by atoms with van der Waals surface area (Å²) in [6.45, 7) is 1.85. The first kappa shape index (κ1) is 16.7. The maximum atomic E-state index is 11.9. The van der Waals surface area contributed by atoms with E-state index >= 15 is 0 Å². The van der Waals surface area contributed by atoms with Crippen LogP contribution in [0.2, 0.25) is 0 Å². The smallest absolute Gasteiger partial charge is 0.328 e. The Hall–Kier alpha value is -1.40. The fraction of sp³-hybridized carbons (Fsp3) is 0.429. The second kappa shape index (κ2) is 8.71. The van der Waals surface area contributed by atoms with Crippen molar-refractivity contribution in [2.24, 2.45) is 5.73 Å². The minimum atomic E-state index is -0.705. The van der Waals surface area contributed by atoms with Crippen molar-refractivity contribution in [3.05, 3.63) is 35.9 Å². The summed E-state index contributed by atoms with van der Waals surface area (Å²) in [5, 5.41) is 3.12. The predicted molar refractivity (Wildman–Crippen MR) is 80.5 cm³/mol. The van der Waals surface area contributed by atoms with Crippen LogP contribution in [0.1, 0.15) is 12.5 Å². The number of carbonyl (C=O) groups is 2. The summed E-state index contributed by atoms with van der Waals surface area (Å²) in [5.74, 6) is -0.832. The zero-order valence-corrected chi connectivity index (χ0v) is 12.9. The lowest BCUT2D eigenvalue weighted by Crippen LogP contribution is -2.48. The minimum Gasteiger partial charge on any atom is -0.463 e. The zero-order valence-electron chi connectivity index (χ0n) is 11.3. The summed E-state index contributed by atoms with van der Waals surface area (Å²) in [7, 11) is 0. The molecule has 0 aliphatic carbocycles. The van der Waals surface area contributed by atoms with Gasteiger partial charge in [0.1, 0.15) is 12.6 Å². The lowest BCUT2D eigenvalue weighted by molar-refractivity contribution is -0.146. The van der Waals surface area contributed by atoms with E-state index in [1.165, 1.54) is 0 Å². The van der Waals surface area contributed by atoms with Gasteiger partial charge in [-0.3, -0.25) is 4.79 Å². The highest BCUT2D eigenvalue weighted by Gasteiger charge is 2.21. The van der Waals surface area contributed by atoms with Gasteiger partial charge < -0.3 is 15.8 Å². The van der Waals surface area contributed by atoms with Gasteiger partial charge in [-0.05, 0) is 18.9 Å². The molecule has 110 valence electrons. The van der Waals surface area contributed by atoms with Gasteiger partial charge in [-0.25, -0.2) is 4.79 Å². The molecule has 1 aromatic rings. The molecule has 2 atom stereocenters. The third-order valence-corrected chi connectivity index (χ3v) is 2.99. The molecule has 5 nitrogen and oxygen atoms in total. The van der Waals surface area contributed by atoms with Crippen LogP contribution in [0.3, 0.4) is 0 Å². The van der Waals surface area contributed by atoms with E-state index in [-0.39, 0.29) is 12.5 Å². The summed E-state index contributed by atoms with van der Waals surface area (Å²) in [4.78, 5) is 23.4. The molecule has 0 aromatic heterocycles. The monoisotopic (exact) mass is 342 g/mol. The molecule has 1 rings (SSSR count). The van der Waals surface area contributed by atoms with Gasteiger partial charge >= 0.3 is 5.97 Å². The van der Waals surface area contributed by atoms with E-state index in [0.29, 0.717) is 11.8 Å². The molecule has 0 aliphatic heterocycles. The Morgan fingerprint density at radius 1 is 1.35 bits per heavy atom. The molecular formula is C14H19BrN2O3. The molecule has 1 aromatic carbocycles. The quantitative estimate of drug-likeness (QED) is 0.572. The number of rotatable bonds is 7. The fourth-order valence-electron chi connectivity index (χ4n) is 1.60. The molecule has 0 fully saturated rings. The lowest BCUT2D eigenvalue weighted by atomic mass is 10.1. The van der Waals surface area contributed by atoms with Crippen LogP contribution in [-0.2, 0) is 20.7 Å². The number of benzene rings is 1. The van der Waals surface area contributed by atoms with Crippen LogP contribution >= 0.6 is 15.9 Å². The number of halogens is 1. The van der Waals surface area contributed by atoms with Crippen molar-refractivity contribution in [1.29, 1.82) is 0 Å². The summed E-state index contributed by atoms with van der Waals surface area (Å²) >= 11 is 3.15. The van der Waals surface area contributed by atoms with Crippen molar-refractivity contribution >= 4 is 27.8 Å². The van der Waals surface area contributed by atoms with Crippen LogP contribution in [-0.4, -0.2) is 35.9 Å².